The van der Waals surface area contributed by atoms with Crippen molar-refractivity contribution in [2.75, 3.05) is 6.61 Å². The Morgan fingerprint density at radius 1 is 1.11 bits per heavy atom. The van der Waals surface area contributed by atoms with Crippen molar-refractivity contribution in [3.8, 4) is 0 Å². The molecule has 2 heterocycles. The van der Waals surface area contributed by atoms with E-state index in [2.05, 4.69) is 40.9 Å². The van der Waals surface area contributed by atoms with E-state index >= 15 is 0 Å². The van der Waals surface area contributed by atoms with E-state index in [4.69, 9.17) is 23.4 Å². The minimum Gasteiger partial charge on any atom is -0.462 e. The van der Waals surface area contributed by atoms with Gasteiger partial charge in [-0.1, -0.05) is 52.5 Å². The molecule has 2 fully saturated rings. The lowest BCUT2D eigenvalue weighted by Crippen LogP contribution is -2.61. The van der Waals surface area contributed by atoms with E-state index in [1.54, 1.807) is 0 Å². The van der Waals surface area contributed by atoms with Crippen molar-refractivity contribution in [1.29, 1.82) is 0 Å². The van der Waals surface area contributed by atoms with Crippen LogP contribution in [0.1, 0.15) is 80.1 Å². The van der Waals surface area contributed by atoms with Crippen LogP contribution in [0.5, 0.6) is 0 Å². The molecule has 0 amide bonds. The Balaban J connectivity index is 2.44. The molecule has 0 aromatic rings. The lowest BCUT2D eigenvalue weighted by Gasteiger charge is -2.55. The third kappa shape index (κ3) is 8.86. The molecule has 1 spiro atoms. The standard InChI is InChI=1S/C29H48O8Si/c1-9-13-33-27(32)16-24-15-25(34-23(7)31)18-29(35-24)20-28(8,37-38(10-2,11-3)12-4)17-26(36-29)14-21(5)22(6)19-30/h9,19,22,24-26H,1,5,10-18,20H2,2-4,6-8H3/t22-,24+,25-,26-,28-,29+/m0/s1. The summed E-state index contributed by atoms with van der Waals surface area (Å²) in [6.07, 6.45) is 3.29. The molecule has 2 saturated heterocycles. The number of hydrogen-bond acceptors (Lipinski definition) is 8. The number of aldehydes is 1. The second-order valence-electron chi connectivity index (χ2n) is 11.2. The Kier molecular flexibility index (Phi) is 11.9. The highest BCUT2D eigenvalue weighted by Crippen LogP contribution is 2.48. The molecule has 0 aromatic heterocycles. The first-order valence-corrected chi connectivity index (χ1v) is 16.5. The number of ether oxygens (including phenoxy) is 4. The van der Waals surface area contributed by atoms with Gasteiger partial charge in [-0.2, -0.15) is 0 Å². The molecular formula is C29H48O8Si. The maximum Gasteiger partial charge on any atom is 0.308 e. The van der Waals surface area contributed by atoms with Crippen LogP contribution >= 0.6 is 0 Å². The fraction of sp³-hybridized carbons (Fsp3) is 0.759. The zero-order chi connectivity index (χ0) is 28.6. The van der Waals surface area contributed by atoms with Gasteiger partial charge in [-0.25, -0.2) is 0 Å². The first kappa shape index (κ1) is 32.4. The van der Waals surface area contributed by atoms with Gasteiger partial charge in [0.05, 0.1) is 24.2 Å². The zero-order valence-electron chi connectivity index (χ0n) is 24.2. The highest BCUT2D eigenvalue weighted by Gasteiger charge is 2.55. The van der Waals surface area contributed by atoms with Crippen LogP contribution in [0, 0.1) is 5.92 Å². The Morgan fingerprint density at radius 3 is 2.29 bits per heavy atom. The van der Waals surface area contributed by atoms with Crippen LogP contribution in [-0.4, -0.2) is 62.8 Å². The van der Waals surface area contributed by atoms with Gasteiger partial charge in [-0.15, -0.1) is 0 Å². The number of rotatable bonds is 14. The molecule has 216 valence electrons. The average Bonchev–Trinajstić information content (AvgIpc) is 2.84. The summed E-state index contributed by atoms with van der Waals surface area (Å²) >= 11 is 0. The van der Waals surface area contributed by atoms with Crippen molar-refractivity contribution in [3.63, 3.8) is 0 Å². The molecule has 0 bridgehead atoms. The van der Waals surface area contributed by atoms with Crippen molar-refractivity contribution < 1.29 is 37.8 Å². The average molecular weight is 553 g/mol. The highest BCUT2D eigenvalue weighted by molar-refractivity contribution is 6.73. The van der Waals surface area contributed by atoms with E-state index in [0.29, 0.717) is 32.1 Å². The van der Waals surface area contributed by atoms with Crippen molar-refractivity contribution in [2.24, 2.45) is 5.92 Å². The maximum atomic E-state index is 12.5. The predicted octanol–water partition coefficient (Wildman–Crippen LogP) is 5.65. The molecule has 0 aliphatic carbocycles. The molecule has 0 N–H and O–H groups in total. The molecule has 2 aliphatic heterocycles. The molecule has 2 rings (SSSR count). The maximum absolute atomic E-state index is 12.5. The minimum absolute atomic E-state index is 0.00536. The number of carbonyl (C=O) groups excluding carboxylic acids is 3. The fourth-order valence-electron chi connectivity index (χ4n) is 5.93. The van der Waals surface area contributed by atoms with Gasteiger partial charge in [-0.3, -0.25) is 9.59 Å². The van der Waals surface area contributed by atoms with Crippen LogP contribution in [0.3, 0.4) is 0 Å². The molecule has 2 aliphatic rings. The Labute approximate surface area is 229 Å². The third-order valence-corrected chi connectivity index (χ3v) is 12.7. The summed E-state index contributed by atoms with van der Waals surface area (Å²) in [6.45, 7) is 19.7. The summed E-state index contributed by atoms with van der Waals surface area (Å²) in [5.74, 6) is -2.23. The SMILES string of the molecule is C=CCOC(=O)C[C@H]1C[C@H](OC(C)=O)C[C@@]2(C[C@@](C)(O[Si](CC)(CC)CC)C[C@H](CC(=C)[C@@H](C)C=O)O2)O1. The van der Waals surface area contributed by atoms with Crippen LogP contribution in [0.4, 0.5) is 0 Å². The molecule has 0 saturated carbocycles. The largest absolute Gasteiger partial charge is 0.462 e. The minimum atomic E-state index is -2.02. The van der Waals surface area contributed by atoms with Crippen molar-refractivity contribution in [1.82, 2.24) is 0 Å². The van der Waals surface area contributed by atoms with Crippen LogP contribution in [0.25, 0.3) is 0 Å². The predicted molar refractivity (Wildman–Crippen MR) is 148 cm³/mol. The smallest absolute Gasteiger partial charge is 0.308 e. The topological polar surface area (TPSA) is 97.4 Å². The van der Waals surface area contributed by atoms with Gasteiger partial charge in [0.15, 0.2) is 14.1 Å². The molecule has 8 nitrogen and oxygen atoms in total. The second-order valence-corrected chi connectivity index (χ2v) is 15.9. The van der Waals surface area contributed by atoms with Crippen LogP contribution in [-0.2, 0) is 37.8 Å². The van der Waals surface area contributed by atoms with Crippen LogP contribution < -0.4 is 0 Å². The molecular weight excluding hydrogens is 504 g/mol. The molecule has 0 aromatic carbocycles. The van der Waals surface area contributed by atoms with Gasteiger partial charge in [-0.05, 0) is 31.5 Å². The monoisotopic (exact) mass is 552 g/mol. The first-order valence-electron chi connectivity index (χ1n) is 14.0. The van der Waals surface area contributed by atoms with Crippen LogP contribution in [0.15, 0.2) is 24.8 Å². The van der Waals surface area contributed by atoms with Gasteiger partial charge in [0.1, 0.15) is 19.0 Å². The lowest BCUT2D eigenvalue weighted by atomic mass is 9.80. The Bertz CT molecular complexity index is 847. The first-order chi connectivity index (χ1) is 17.9. The summed E-state index contributed by atoms with van der Waals surface area (Å²) < 4.78 is 31.2. The fourth-order valence-corrected chi connectivity index (χ4v) is 9.06. The van der Waals surface area contributed by atoms with Gasteiger partial charge in [0.25, 0.3) is 0 Å². The zero-order valence-corrected chi connectivity index (χ0v) is 25.2. The second kappa shape index (κ2) is 14.0. The van der Waals surface area contributed by atoms with E-state index in [-0.39, 0.29) is 25.0 Å². The molecule has 0 radical (unpaired) electrons. The quantitative estimate of drug-likeness (QED) is 0.118. The van der Waals surface area contributed by atoms with E-state index in [0.717, 1.165) is 30.0 Å². The number of carbonyl (C=O) groups is 3. The summed E-state index contributed by atoms with van der Waals surface area (Å²) in [6, 6.07) is 2.99. The number of esters is 2. The van der Waals surface area contributed by atoms with Gasteiger partial charge in [0.2, 0.25) is 0 Å². The van der Waals surface area contributed by atoms with Crippen LogP contribution in [0.2, 0.25) is 18.1 Å². The Morgan fingerprint density at radius 2 is 1.74 bits per heavy atom. The van der Waals surface area contributed by atoms with E-state index < -0.39 is 43.9 Å². The summed E-state index contributed by atoms with van der Waals surface area (Å²) in [4.78, 5) is 35.8. The van der Waals surface area contributed by atoms with E-state index in [1.807, 2.05) is 6.92 Å². The van der Waals surface area contributed by atoms with Gasteiger partial charge < -0.3 is 28.2 Å². The van der Waals surface area contributed by atoms with E-state index in [1.165, 1.54) is 13.0 Å². The number of hydrogen-bond donors (Lipinski definition) is 0. The molecule has 38 heavy (non-hydrogen) atoms. The van der Waals surface area contributed by atoms with Crippen molar-refractivity contribution >= 4 is 26.5 Å². The summed E-state index contributed by atoms with van der Waals surface area (Å²) in [5.41, 5.74) is 0.222. The van der Waals surface area contributed by atoms with Gasteiger partial charge in [0, 0.05) is 38.5 Å². The lowest BCUT2D eigenvalue weighted by molar-refractivity contribution is -0.347. The highest BCUT2D eigenvalue weighted by atomic mass is 28.4. The van der Waals surface area contributed by atoms with E-state index in [9.17, 15) is 14.4 Å². The molecule has 6 atom stereocenters. The summed E-state index contributed by atoms with van der Waals surface area (Å²) in [7, 11) is -2.02. The third-order valence-electron chi connectivity index (χ3n) is 7.95. The van der Waals surface area contributed by atoms with Crippen molar-refractivity contribution in [2.45, 2.75) is 128 Å². The normalized spacial score (nSPS) is 30.3. The Hall–Kier alpha value is -1.81. The van der Waals surface area contributed by atoms with Gasteiger partial charge >= 0.3 is 11.9 Å². The molecule has 9 heteroatoms. The van der Waals surface area contributed by atoms with Crippen molar-refractivity contribution in [3.05, 3.63) is 24.8 Å². The molecule has 0 unspecified atom stereocenters. The summed E-state index contributed by atoms with van der Waals surface area (Å²) in [5, 5.41) is 0.